The Morgan fingerprint density at radius 1 is 1.32 bits per heavy atom. The molecule has 1 aromatic rings. The lowest BCUT2D eigenvalue weighted by Crippen LogP contribution is -2.53. The zero-order valence-electron chi connectivity index (χ0n) is 10.2. The summed E-state index contributed by atoms with van der Waals surface area (Å²) in [7, 11) is 0. The first kappa shape index (κ1) is 15.5. The predicted molar refractivity (Wildman–Crippen MR) is 61.5 cm³/mol. The van der Waals surface area contributed by atoms with Crippen molar-refractivity contribution in [3.05, 3.63) is 30.3 Å². The monoisotopic (exact) mass is 277 g/mol. The highest BCUT2D eigenvalue weighted by Gasteiger charge is 2.46. The number of hydrogen-bond donors (Lipinski definition) is 1. The zero-order chi connectivity index (χ0) is 14.5. The molecule has 0 aliphatic heterocycles. The Labute approximate surface area is 108 Å². The van der Waals surface area contributed by atoms with Crippen LogP contribution in [-0.2, 0) is 9.53 Å². The van der Waals surface area contributed by atoms with Gasteiger partial charge in [-0.15, -0.1) is 0 Å². The highest BCUT2D eigenvalue weighted by atomic mass is 19.4. The minimum atomic E-state index is -4.74. The first-order valence-electron chi connectivity index (χ1n) is 5.57. The van der Waals surface area contributed by atoms with E-state index in [0.717, 1.165) is 0 Å². The molecule has 7 heteroatoms. The number of rotatable bonds is 5. The van der Waals surface area contributed by atoms with Crippen LogP contribution in [-0.4, -0.2) is 30.9 Å². The second kappa shape index (κ2) is 6.53. The van der Waals surface area contributed by atoms with Gasteiger partial charge in [-0.25, -0.2) is 4.79 Å². The fourth-order valence-corrected chi connectivity index (χ4v) is 1.33. The smallest absolute Gasteiger partial charge is 0.406 e. The Balaban J connectivity index is 2.79. The Morgan fingerprint density at radius 2 is 1.89 bits per heavy atom. The summed E-state index contributed by atoms with van der Waals surface area (Å²) in [4.78, 5) is 11.7. The molecule has 4 nitrogen and oxygen atoms in total. The number of halogens is 3. The minimum absolute atomic E-state index is 0.0850. The molecule has 0 heterocycles. The topological polar surface area (TPSA) is 61.5 Å². The normalized spacial score (nSPS) is 14.8. The second-order valence-corrected chi connectivity index (χ2v) is 3.68. The molecule has 0 spiro atoms. The fourth-order valence-electron chi connectivity index (χ4n) is 1.33. The van der Waals surface area contributed by atoms with Gasteiger partial charge in [0.25, 0.3) is 0 Å². The Morgan fingerprint density at radius 3 is 2.37 bits per heavy atom. The van der Waals surface area contributed by atoms with Crippen molar-refractivity contribution in [3.8, 4) is 5.75 Å². The van der Waals surface area contributed by atoms with Crippen molar-refractivity contribution in [3.63, 3.8) is 0 Å². The van der Waals surface area contributed by atoms with Gasteiger partial charge in [0.15, 0.2) is 6.10 Å². The van der Waals surface area contributed by atoms with Crippen molar-refractivity contribution >= 4 is 5.97 Å². The number of esters is 1. The summed E-state index contributed by atoms with van der Waals surface area (Å²) >= 11 is 0. The first-order chi connectivity index (χ1) is 8.86. The molecule has 0 unspecified atom stereocenters. The number of nitrogens with two attached hydrogens (primary N) is 1. The molecule has 0 bridgehead atoms. The van der Waals surface area contributed by atoms with Crippen LogP contribution in [0.3, 0.4) is 0 Å². The Bertz CT molecular complexity index is 408. The molecule has 0 saturated heterocycles. The number of carbonyl (C=O) groups is 1. The van der Waals surface area contributed by atoms with Crippen LogP contribution < -0.4 is 10.5 Å². The maximum absolute atomic E-state index is 12.5. The number of alkyl halides is 3. The molecule has 19 heavy (non-hydrogen) atoms. The molecule has 2 atom stereocenters. The lowest BCUT2D eigenvalue weighted by molar-refractivity contribution is -0.187. The first-order valence-corrected chi connectivity index (χ1v) is 5.57. The van der Waals surface area contributed by atoms with Gasteiger partial charge in [0.1, 0.15) is 11.8 Å². The van der Waals surface area contributed by atoms with Gasteiger partial charge in [-0.05, 0) is 19.1 Å². The molecule has 0 aliphatic carbocycles. The summed E-state index contributed by atoms with van der Waals surface area (Å²) in [5.41, 5.74) is 4.98. The van der Waals surface area contributed by atoms with Crippen LogP contribution in [0.4, 0.5) is 13.2 Å². The van der Waals surface area contributed by atoms with E-state index in [2.05, 4.69) is 0 Å². The third-order valence-corrected chi connectivity index (χ3v) is 2.24. The number of benzene rings is 1. The largest absolute Gasteiger partial charge is 0.425 e. The van der Waals surface area contributed by atoms with E-state index in [-0.39, 0.29) is 12.4 Å². The molecule has 0 fully saturated rings. The standard InChI is InChI=1S/C12H14F3NO3/c1-2-18-9(10(16)12(13,14)15)11(17)19-8-6-4-3-5-7-8/h3-7,9-10H,2,16H2,1H3/t9-,10-/m1/s1. The molecule has 1 aromatic carbocycles. The van der Waals surface area contributed by atoms with E-state index >= 15 is 0 Å². The van der Waals surface area contributed by atoms with Crippen LogP contribution in [0.5, 0.6) is 5.75 Å². The summed E-state index contributed by atoms with van der Waals surface area (Å²) < 4.78 is 47.1. The number of ether oxygens (including phenoxy) is 2. The third-order valence-electron chi connectivity index (χ3n) is 2.24. The van der Waals surface area contributed by atoms with Gasteiger partial charge in [0.05, 0.1) is 0 Å². The van der Waals surface area contributed by atoms with E-state index in [0.29, 0.717) is 0 Å². The molecular formula is C12H14F3NO3. The van der Waals surface area contributed by atoms with Gasteiger partial charge in [-0.3, -0.25) is 0 Å². The van der Waals surface area contributed by atoms with Crippen molar-refractivity contribution in [1.82, 2.24) is 0 Å². The fraction of sp³-hybridized carbons (Fsp3) is 0.417. The van der Waals surface area contributed by atoms with Gasteiger partial charge >= 0.3 is 12.1 Å². The molecule has 0 radical (unpaired) electrons. The van der Waals surface area contributed by atoms with Gasteiger partial charge in [-0.1, -0.05) is 18.2 Å². The van der Waals surface area contributed by atoms with Crippen LogP contribution in [0.15, 0.2) is 30.3 Å². The van der Waals surface area contributed by atoms with Crippen LogP contribution in [0.25, 0.3) is 0 Å². The van der Waals surface area contributed by atoms with Crippen molar-refractivity contribution in [2.45, 2.75) is 25.2 Å². The SMILES string of the molecule is CCO[C@@H](C(=O)Oc1ccccc1)[C@@H](N)C(F)(F)F. The molecule has 2 N–H and O–H groups in total. The van der Waals surface area contributed by atoms with Gasteiger partial charge < -0.3 is 15.2 Å². The Hall–Kier alpha value is -1.60. The van der Waals surface area contributed by atoms with Gasteiger partial charge in [0, 0.05) is 6.61 Å². The summed E-state index contributed by atoms with van der Waals surface area (Å²) in [6, 6.07) is 5.31. The average molecular weight is 277 g/mol. The zero-order valence-corrected chi connectivity index (χ0v) is 10.2. The minimum Gasteiger partial charge on any atom is -0.425 e. The number of para-hydroxylation sites is 1. The molecule has 0 aliphatic rings. The van der Waals surface area contributed by atoms with E-state index in [1.807, 2.05) is 0 Å². The van der Waals surface area contributed by atoms with E-state index in [1.54, 1.807) is 18.2 Å². The van der Waals surface area contributed by atoms with Crippen LogP contribution in [0, 0.1) is 0 Å². The molecule has 0 amide bonds. The van der Waals surface area contributed by atoms with Crippen molar-refractivity contribution in [1.29, 1.82) is 0 Å². The highest BCUT2D eigenvalue weighted by Crippen LogP contribution is 2.23. The molecule has 1 rings (SSSR count). The lowest BCUT2D eigenvalue weighted by Gasteiger charge is -2.23. The van der Waals surface area contributed by atoms with Crippen molar-refractivity contribution in [2.75, 3.05) is 6.61 Å². The number of hydrogen-bond acceptors (Lipinski definition) is 4. The molecule has 106 valence electrons. The predicted octanol–water partition coefficient (Wildman–Crippen LogP) is 1.89. The molecule has 0 aromatic heterocycles. The van der Waals surface area contributed by atoms with E-state index in [9.17, 15) is 18.0 Å². The second-order valence-electron chi connectivity index (χ2n) is 3.68. The summed E-state index contributed by atoms with van der Waals surface area (Å²) in [5, 5.41) is 0. The molecule has 0 saturated carbocycles. The van der Waals surface area contributed by atoms with Gasteiger partial charge in [0.2, 0.25) is 0 Å². The summed E-state index contributed by atoms with van der Waals surface area (Å²) in [5.74, 6) is -1.04. The maximum Gasteiger partial charge on any atom is 0.406 e. The lowest BCUT2D eigenvalue weighted by atomic mass is 10.1. The van der Waals surface area contributed by atoms with Crippen LogP contribution >= 0.6 is 0 Å². The van der Waals surface area contributed by atoms with Crippen molar-refractivity contribution in [2.24, 2.45) is 5.73 Å². The summed E-state index contributed by atoms with van der Waals surface area (Å²) in [6.07, 6.45) is -6.62. The van der Waals surface area contributed by atoms with Crippen LogP contribution in [0.2, 0.25) is 0 Å². The Kier molecular flexibility index (Phi) is 5.31. The van der Waals surface area contributed by atoms with E-state index in [1.165, 1.54) is 19.1 Å². The summed E-state index contributed by atoms with van der Waals surface area (Å²) in [6.45, 7) is 1.38. The average Bonchev–Trinajstić information content (AvgIpc) is 2.35. The van der Waals surface area contributed by atoms with E-state index < -0.39 is 24.3 Å². The third kappa shape index (κ3) is 4.53. The van der Waals surface area contributed by atoms with Crippen molar-refractivity contribution < 1.29 is 27.4 Å². The maximum atomic E-state index is 12.5. The number of carbonyl (C=O) groups excluding carboxylic acids is 1. The van der Waals surface area contributed by atoms with Crippen LogP contribution in [0.1, 0.15) is 6.92 Å². The quantitative estimate of drug-likeness (QED) is 0.659. The molecular weight excluding hydrogens is 263 g/mol. The highest BCUT2D eigenvalue weighted by molar-refractivity contribution is 5.78. The van der Waals surface area contributed by atoms with Gasteiger partial charge in [-0.2, -0.15) is 13.2 Å². The van der Waals surface area contributed by atoms with E-state index in [4.69, 9.17) is 15.2 Å².